The summed E-state index contributed by atoms with van der Waals surface area (Å²) >= 11 is 0. The van der Waals surface area contributed by atoms with Crippen molar-refractivity contribution in [1.82, 2.24) is 14.7 Å². The summed E-state index contributed by atoms with van der Waals surface area (Å²) in [5.74, 6) is -0.0159. The molecule has 1 atom stereocenters. The number of rotatable bonds is 5. The monoisotopic (exact) mass is 329 g/mol. The summed E-state index contributed by atoms with van der Waals surface area (Å²) in [4.78, 5) is 30.8. The van der Waals surface area contributed by atoms with Gasteiger partial charge in [-0.1, -0.05) is 44.2 Å². The molecule has 1 aromatic rings. The first-order valence-corrected chi connectivity index (χ1v) is 8.85. The lowest BCUT2D eigenvalue weighted by atomic mass is 9.86. The van der Waals surface area contributed by atoms with Gasteiger partial charge < -0.3 is 0 Å². The van der Waals surface area contributed by atoms with Crippen molar-refractivity contribution in [2.24, 2.45) is 5.41 Å². The molecular formula is C19H27N3O2. The van der Waals surface area contributed by atoms with Gasteiger partial charge in [0.05, 0.1) is 12.1 Å². The lowest BCUT2D eigenvalue weighted by Gasteiger charge is -2.36. The standard InChI is InChI=1S/C19H27N3O2/c1-3-19(2)13-17(23)22(18(19)24)15-21-11-9-20(10-12-21)14-16-7-5-4-6-8-16/h4-8H,3,9-15H2,1-2H3. The molecule has 2 saturated heterocycles. The molecule has 5 nitrogen and oxygen atoms in total. The Bertz CT molecular complexity index is 596. The van der Waals surface area contributed by atoms with Crippen LogP contribution in [0.5, 0.6) is 0 Å². The van der Waals surface area contributed by atoms with E-state index in [0.717, 1.165) is 39.1 Å². The van der Waals surface area contributed by atoms with Crippen molar-refractivity contribution in [2.45, 2.75) is 33.2 Å². The number of imide groups is 1. The Hall–Kier alpha value is -1.72. The SMILES string of the molecule is CCC1(C)CC(=O)N(CN2CCN(Cc3ccccc3)CC2)C1=O. The second-order valence-electron chi connectivity index (χ2n) is 7.24. The Morgan fingerprint density at radius 3 is 2.21 bits per heavy atom. The summed E-state index contributed by atoms with van der Waals surface area (Å²) in [6.07, 6.45) is 1.08. The van der Waals surface area contributed by atoms with E-state index >= 15 is 0 Å². The van der Waals surface area contributed by atoms with Gasteiger partial charge in [-0.05, 0) is 12.0 Å². The molecule has 2 heterocycles. The van der Waals surface area contributed by atoms with Crippen LogP contribution in [0, 0.1) is 5.41 Å². The van der Waals surface area contributed by atoms with E-state index in [1.165, 1.54) is 10.5 Å². The van der Waals surface area contributed by atoms with Crippen molar-refractivity contribution in [2.75, 3.05) is 32.8 Å². The van der Waals surface area contributed by atoms with Crippen LogP contribution in [0.1, 0.15) is 32.3 Å². The second-order valence-corrected chi connectivity index (χ2v) is 7.24. The van der Waals surface area contributed by atoms with Gasteiger partial charge in [0, 0.05) is 39.1 Å². The zero-order chi connectivity index (χ0) is 17.2. The third kappa shape index (κ3) is 3.52. The molecule has 5 heteroatoms. The van der Waals surface area contributed by atoms with Crippen LogP contribution >= 0.6 is 0 Å². The highest BCUT2D eigenvalue weighted by Crippen LogP contribution is 2.35. The molecule has 1 aromatic carbocycles. The summed E-state index contributed by atoms with van der Waals surface area (Å²) in [6.45, 7) is 9.03. The molecule has 1 unspecified atom stereocenters. The van der Waals surface area contributed by atoms with Gasteiger partial charge in [0.2, 0.25) is 11.8 Å². The molecule has 0 spiro atoms. The van der Waals surface area contributed by atoms with E-state index in [1.807, 2.05) is 19.9 Å². The van der Waals surface area contributed by atoms with Crippen molar-refractivity contribution >= 4 is 11.8 Å². The summed E-state index contributed by atoms with van der Waals surface area (Å²) in [7, 11) is 0. The van der Waals surface area contributed by atoms with E-state index in [1.54, 1.807) is 0 Å². The first kappa shape index (κ1) is 17.1. The van der Waals surface area contributed by atoms with E-state index in [-0.39, 0.29) is 11.8 Å². The van der Waals surface area contributed by atoms with E-state index in [0.29, 0.717) is 13.1 Å². The molecule has 130 valence electrons. The van der Waals surface area contributed by atoms with Gasteiger partial charge in [0.1, 0.15) is 0 Å². The topological polar surface area (TPSA) is 43.9 Å². The van der Waals surface area contributed by atoms with Crippen LogP contribution in [0.3, 0.4) is 0 Å². The summed E-state index contributed by atoms with van der Waals surface area (Å²) < 4.78 is 0. The Balaban J connectivity index is 1.51. The highest BCUT2D eigenvalue weighted by Gasteiger charge is 2.47. The summed E-state index contributed by atoms with van der Waals surface area (Å²) in [5.41, 5.74) is 0.834. The molecule has 0 bridgehead atoms. The number of amides is 2. The minimum atomic E-state index is -0.494. The summed E-state index contributed by atoms with van der Waals surface area (Å²) in [6, 6.07) is 10.5. The van der Waals surface area contributed by atoms with Gasteiger partial charge in [-0.3, -0.25) is 24.3 Å². The van der Waals surface area contributed by atoms with E-state index < -0.39 is 5.41 Å². The van der Waals surface area contributed by atoms with Gasteiger partial charge in [0.25, 0.3) is 0 Å². The Morgan fingerprint density at radius 1 is 1.00 bits per heavy atom. The van der Waals surface area contributed by atoms with Gasteiger partial charge in [0.15, 0.2) is 0 Å². The number of nitrogens with zero attached hydrogens (tertiary/aromatic N) is 3. The molecule has 2 amide bonds. The van der Waals surface area contributed by atoms with Crippen LogP contribution in [-0.2, 0) is 16.1 Å². The predicted molar refractivity (Wildman–Crippen MR) is 93.0 cm³/mol. The van der Waals surface area contributed by atoms with Crippen molar-refractivity contribution in [3.05, 3.63) is 35.9 Å². The second kappa shape index (κ2) is 7.03. The molecule has 3 rings (SSSR count). The molecule has 2 fully saturated rings. The quantitative estimate of drug-likeness (QED) is 0.775. The molecule has 0 N–H and O–H groups in total. The van der Waals surface area contributed by atoms with E-state index in [4.69, 9.17) is 0 Å². The number of hydrogen-bond donors (Lipinski definition) is 0. The number of hydrogen-bond acceptors (Lipinski definition) is 4. The minimum Gasteiger partial charge on any atom is -0.297 e. The lowest BCUT2D eigenvalue weighted by molar-refractivity contribution is -0.144. The lowest BCUT2D eigenvalue weighted by Crippen LogP contribution is -2.51. The average molecular weight is 329 g/mol. The Morgan fingerprint density at radius 2 is 1.62 bits per heavy atom. The third-order valence-corrected chi connectivity index (χ3v) is 5.44. The van der Waals surface area contributed by atoms with Crippen molar-refractivity contribution in [1.29, 1.82) is 0 Å². The van der Waals surface area contributed by atoms with Crippen LogP contribution in [0.25, 0.3) is 0 Å². The number of carbonyl (C=O) groups excluding carboxylic acids is 2. The van der Waals surface area contributed by atoms with Crippen LogP contribution in [0.4, 0.5) is 0 Å². The maximum atomic E-state index is 12.5. The molecule has 0 radical (unpaired) electrons. The van der Waals surface area contributed by atoms with Crippen LogP contribution in [-0.4, -0.2) is 59.4 Å². The highest BCUT2D eigenvalue weighted by atomic mass is 16.2. The van der Waals surface area contributed by atoms with Crippen molar-refractivity contribution in [3.63, 3.8) is 0 Å². The van der Waals surface area contributed by atoms with Crippen molar-refractivity contribution < 1.29 is 9.59 Å². The Kier molecular flexibility index (Phi) is 5.01. The normalized spacial score (nSPS) is 26.3. The third-order valence-electron chi connectivity index (χ3n) is 5.44. The number of likely N-dealkylation sites (tertiary alicyclic amines) is 1. The van der Waals surface area contributed by atoms with E-state index in [9.17, 15) is 9.59 Å². The fraction of sp³-hybridized carbons (Fsp3) is 0.579. The zero-order valence-electron chi connectivity index (χ0n) is 14.7. The number of carbonyl (C=O) groups is 2. The molecule has 0 aliphatic carbocycles. The van der Waals surface area contributed by atoms with Crippen molar-refractivity contribution in [3.8, 4) is 0 Å². The molecular weight excluding hydrogens is 302 g/mol. The molecule has 2 aliphatic heterocycles. The van der Waals surface area contributed by atoms with Gasteiger partial charge in [-0.2, -0.15) is 0 Å². The first-order valence-electron chi connectivity index (χ1n) is 8.85. The maximum absolute atomic E-state index is 12.5. The minimum absolute atomic E-state index is 0.00159. The predicted octanol–water partition coefficient (Wildman–Crippen LogP) is 1.94. The molecule has 0 aromatic heterocycles. The van der Waals surface area contributed by atoms with Gasteiger partial charge in [-0.25, -0.2) is 0 Å². The molecule has 24 heavy (non-hydrogen) atoms. The van der Waals surface area contributed by atoms with Gasteiger partial charge in [-0.15, -0.1) is 0 Å². The van der Waals surface area contributed by atoms with Crippen LogP contribution in [0.15, 0.2) is 30.3 Å². The average Bonchev–Trinajstić information content (AvgIpc) is 2.81. The largest absolute Gasteiger partial charge is 0.297 e. The first-order chi connectivity index (χ1) is 11.5. The van der Waals surface area contributed by atoms with E-state index in [2.05, 4.69) is 34.1 Å². The number of benzene rings is 1. The highest BCUT2D eigenvalue weighted by molar-refractivity contribution is 6.05. The molecule has 2 aliphatic rings. The van der Waals surface area contributed by atoms with Gasteiger partial charge >= 0.3 is 0 Å². The zero-order valence-corrected chi connectivity index (χ0v) is 14.7. The smallest absolute Gasteiger partial charge is 0.236 e. The fourth-order valence-corrected chi connectivity index (χ4v) is 3.49. The summed E-state index contributed by atoms with van der Waals surface area (Å²) in [5, 5.41) is 0. The Labute approximate surface area is 144 Å². The number of piperazine rings is 1. The fourth-order valence-electron chi connectivity index (χ4n) is 3.49. The molecule has 0 saturated carbocycles. The van der Waals surface area contributed by atoms with Crippen LogP contribution < -0.4 is 0 Å². The maximum Gasteiger partial charge on any atom is 0.236 e. The van der Waals surface area contributed by atoms with Crippen LogP contribution in [0.2, 0.25) is 0 Å².